The van der Waals surface area contributed by atoms with Crippen molar-refractivity contribution in [2.24, 2.45) is 0 Å². The third-order valence-corrected chi connectivity index (χ3v) is 10.5. The van der Waals surface area contributed by atoms with E-state index in [9.17, 15) is 0 Å². The summed E-state index contributed by atoms with van der Waals surface area (Å²) in [4.78, 5) is 11.8. The number of hydrogen-bond acceptors (Lipinski definition) is 7. The first-order valence-corrected chi connectivity index (χ1v) is 16.9. The van der Waals surface area contributed by atoms with Gasteiger partial charge in [0.05, 0.1) is 11.4 Å². The Morgan fingerprint density at radius 1 is 0.510 bits per heavy atom. The minimum Gasteiger partial charge on any atom is -0.453 e. The van der Waals surface area contributed by atoms with Crippen molar-refractivity contribution in [3.05, 3.63) is 140 Å². The first-order valence-electron chi connectivity index (χ1n) is 16.1. The molecule has 49 heavy (non-hydrogen) atoms. The van der Waals surface area contributed by atoms with Gasteiger partial charge in [-0.3, -0.25) is 0 Å². The maximum Gasteiger partial charge on any atom is 0.227 e. The number of ether oxygens (including phenoxy) is 1. The summed E-state index contributed by atoms with van der Waals surface area (Å²) in [6.07, 6.45) is 0. The number of hydrogen-bond donors (Lipinski definition) is 0. The van der Waals surface area contributed by atoms with Crippen molar-refractivity contribution in [3.63, 3.8) is 0 Å². The minimum atomic E-state index is 0.545. The van der Waals surface area contributed by atoms with Crippen LogP contribution in [-0.2, 0) is 0 Å². The van der Waals surface area contributed by atoms with Crippen LogP contribution in [0.4, 0.5) is 17.1 Å². The van der Waals surface area contributed by atoms with Crippen molar-refractivity contribution < 1.29 is 13.6 Å². The predicted octanol–water partition coefficient (Wildman–Crippen LogP) is 12.4. The summed E-state index contributed by atoms with van der Waals surface area (Å²) >= 11 is 1.84. The quantitative estimate of drug-likeness (QED) is 0.190. The van der Waals surface area contributed by atoms with E-state index in [1.165, 1.54) is 30.9 Å². The fourth-order valence-electron chi connectivity index (χ4n) is 6.98. The molecule has 0 bridgehead atoms. The Bertz CT molecular complexity index is 2770. The maximum absolute atomic E-state index is 6.71. The van der Waals surface area contributed by atoms with Crippen molar-refractivity contribution in [3.8, 4) is 34.4 Å². The average Bonchev–Trinajstić information content (AvgIpc) is 3.88. The molecule has 10 aromatic rings. The summed E-state index contributed by atoms with van der Waals surface area (Å²) in [5.41, 5.74) is 7.68. The van der Waals surface area contributed by atoms with Crippen molar-refractivity contribution in [2.75, 3.05) is 4.90 Å². The minimum absolute atomic E-state index is 0.545. The van der Waals surface area contributed by atoms with Gasteiger partial charge in [0.1, 0.15) is 11.0 Å². The molecular weight excluding hydrogens is 627 g/mol. The predicted molar refractivity (Wildman–Crippen MR) is 198 cm³/mol. The molecule has 7 aromatic carbocycles. The van der Waals surface area contributed by atoms with Crippen LogP contribution < -0.4 is 9.64 Å². The Kier molecular flexibility index (Phi) is 5.45. The number of para-hydroxylation sites is 4. The average molecular weight is 650 g/mol. The van der Waals surface area contributed by atoms with Gasteiger partial charge in [-0.15, -0.1) is 11.3 Å². The lowest BCUT2D eigenvalue weighted by Gasteiger charge is -2.33. The number of fused-ring (bicyclic) bond motifs is 9. The molecule has 3 aromatic heterocycles. The first-order chi connectivity index (χ1) is 24.2. The largest absolute Gasteiger partial charge is 0.453 e. The second kappa shape index (κ2) is 10.0. The van der Waals surface area contributed by atoms with Crippen molar-refractivity contribution >= 4 is 81.5 Å². The van der Waals surface area contributed by atoms with E-state index in [4.69, 9.17) is 23.5 Å². The highest BCUT2D eigenvalue weighted by molar-refractivity contribution is 7.26. The molecule has 7 heteroatoms. The molecule has 0 unspecified atom stereocenters. The normalized spacial score (nSPS) is 12.6. The van der Waals surface area contributed by atoms with Crippen LogP contribution in [0.15, 0.2) is 148 Å². The van der Waals surface area contributed by atoms with E-state index in [1.54, 1.807) is 0 Å². The van der Waals surface area contributed by atoms with Gasteiger partial charge in [0, 0.05) is 37.0 Å². The van der Waals surface area contributed by atoms with Crippen LogP contribution in [-0.4, -0.2) is 9.97 Å². The monoisotopic (exact) mass is 649 g/mol. The highest BCUT2D eigenvalue weighted by Crippen LogP contribution is 2.53. The molecule has 1 aliphatic rings. The lowest BCUT2D eigenvalue weighted by Crippen LogP contribution is -2.16. The van der Waals surface area contributed by atoms with Crippen LogP contribution in [0.25, 0.3) is 76.1 Å². The van der Waals surface area contributed by atoms with Gasteiger partial charge < -0.3 is 18.5 Å². The smallest absolute Gasteiger partial charge is 0.227 e. The van der Waals surface area contributed by atoms with E-state index in [1.807, 2.05) is 84.1 Å². The molecule has 0 spiro atoms. The number of thiophene rings is 1. The number of benzene rings is 7. The van der Waals surface area contributed by atoms with Crippen molar-refractivity contribution in [1.29, 1.82) is 0 Å². The van der Waals surface area contributed by atoms with Gasteiger partial charge in [0.25, 0.3) is 0 Å². The van der Waals surface area contributed by atoms with Gasteiger partial charge in [-0.2, -0.15) is 0 Å². The van der Waals surface area contributed by atoms with Gasteiger partial charge in [-0.25, -0.2) is 9.97 Å². The molecule has 0 radical (unpaired) electrons. The molecule has 0 aliphatic carbocycles. The molecule has 6 nitrogen and oxygen atoms in total. The van der Waals surface area contributed by atoms with Crippen LogP contribution in [0.3, 0.4) is 0 Å². The lowest BCUT2D eigenvalue weighted by molar-refractivity contribution is 0.476. The third-order valence-electron chi connectivity index (χ3n) is 9.31. The second-order valence-electron chi connectivity index (χ2n) is 12.2. The van der Waals surface area contributed by atoms with E-state index < -0.39 is 0 Å². The number of rotatable bonds is 3. The Morgan fingerprint density at radius 3 is 1.80 bits per heavy atom. The summed E-state index contributed by atoms with van der Waals surface area (Å²) in [6.45, 7) is 0. The molecule has 1 aliphatic heterocycles. The Hall–Kier alpha value is -6.44. The van der Waals surface area contributed by atoms with E-state index in [0.29, 0.717) is 23.3 Å². The zero-order valence-corrected chi connectivity index (χ0v) is 26.6. The molecule has 0 atom stereocenters. The number of oxazole rings is 2. The number of anilines is 3. The molecule has 0 saturated carbocycles. The van der Waals surface area contributed by atoms with Crippen LogP contribution >= 0.6 is 11.3 Å². The maximum atomic E-state index is 6.71. The molecule has 0 saturated heterocycles. The Balaban J connectivity index is 1.09. The summed E-state index contributed by atoms with van der Waals surface area (Å²) in [5.74, 6) is 2.49. The van der Waals surface area contributed by atoms with Crippen molar-refractivity contribution in [2.45, 2.75) is 0 Å². The highest BCUT2D eigenvalue weighted by atomic mass is 32.1. The fraction of sp³-hybridized carbons (Fsp3) is 0. The highest BCUT2D eigenvalue weighted by Gasteiger charge is 2.28. The van der Waals surface area contributed by atoms with Crippen LogP contribution in [0.1, 0.15) is 0 Å². The summed E-state index contributed by atoms with van der Waals surface area (Å²) in [7, 11) is 0. The van der Waals surface area contributed by atoms with Gasteiger partial charge in [0.2, 0.25) is 11.8 Å². The molecule has 11 rings (SSSR count). The Labute approximate surface area is 283 Å². The molecule has 0 amide bonds. The molecule has 0 fully saturated rings. The topological polar surface area (TPSA) is 64.5 Å². The van der Waals surface area contributed by atoms with Gasteiger partial charge in [-0.1, -0.05) is 66.7 Å². The standard InChI is InChI=1S/C42H23N3O3S/c1-2-8-28-24(7-1)13-17-30-29-18-16-27(23-39(29)49-40(28)30)45-33-19-14-25(41-43-31-9-3-5-11-35(31)47-41)21-37(33)46-38-22-26(15-20-34(38)45)42-44-32-10-4-6-12-36(32)48-42/h1-23H. The second-order valence-corrected chi connectivity index (χ2v) is 13.3. The fourth-order valence-corrected chi connectivity index (χ4v) is 8.25. The SMILES string of the molecule is c1ccc2c(c1)ccc1c3ccc(N4c5ccc(-c6nc7ccccc7o6)cc5Oc5cc(-c6nc7ccccc7o6)ccc54)cc3sc21. The van der Waals surface area contributed by atoms with Gasteiger partial charge in [0.15, 0.2) is 22.7 Å². The first kappa shape index (κ1) is 26.6. The van der Waals surface area contributed by atoms with Crippen LogP contribution in [0, 0.1) is 0 Å². The number of nitrogens with zero attached hydrogens (tertiary/aromatic N) is 3. The number of aromatic nitrogens is 2. The molecule has 4 heterocycles. The van der Waals surface area contributed by atoms with Crippen LogP contribution in [0.2, 0.25) is 0 Å². The van der Waals surface area contributed by atoms with Gasteiger partial charge in [-0.05, 0) is 83.6 Å². The van der Waals surface area contributed by atoms with E-state index in [0.717, 1.165) is 50.4 Å². The zero-order chi connectivity index (χ0) is 32.1. The Morgan fingerprint density at radius 2 is 1.12 bits per heavy atom. The van der Waals surface area contributed by atoms with E-state index in [2.05, 4.69) is 71.6 Å². The molecule has 0 N–H and O–H groups in total. The van der Waals surface area contributed by atoms with E-state index in [-0.39, 0.29) is 0 Å². The summed E-state index contributed by atoms with van der Waals surface area (Å²) < 4.78 is 21.5. The third kappa shape index (κ3) is 4.06. The summed E-state index contributed by atoms with van der Waals surface area (Å²) in [6, 6.07) is 47.7. The summed E-state index contributed by atoms with van der Waals surface area (Å²) in [5, 5.41) is 5.06. The zero-order valence-electron chi connectivity index (χ0n) is 25.8. The van der Waals surface area contributed by atoms with Gasteiger partial charge >= 0.3 is 0 Å². The van der Waals surface area contributed by atoms with Crippen LogP contribution in [0.5, 0.6) is 11.5 Å². The van der Waals surface area contributed by atoms with E-state index >= 15 is 0 Å². The molecular formula is C42H23N3O3S. The van der Waals surface area contributed by atoms with Crippen molar-refractivity contribution in [1.82, 2.24) is 9.97 Å². The molecule has 230 valence electrons. The lowest BCUT2D eigenvalue weighted by atomic mass is 10.0.